The largest absolute Gasteiger partial charge is 0.376 e. The number of nitrogens with one attached hydrogen (secondary N) is 1. The molecule has 0 saturated carbocycles. The van der Waals surface area contributed by atoms with E-state index in [-0.39, 0.29) is 11.8 Å². The molecule has 0 amide bonds. The summed E-state index contributed by atoms with van der Waals surface area (Å²) in [5, 5.41) is 2.75. The minimum atomic E-state index is 0.198. The summed E-state index contributed by atoms with van der Waals surface area (Å²) in [6.07, 6.45) is 0. The second-order valence-electron chi connectivity index (χ2n) is 1.21. The van der Waals surface area contributed by atoms with Crippen LogP contribution in [0.1, 0.15) is 6.92 Å². The van der Waals surface area contributed by atoms with E-state index in [1.807, 2.05) is 6.92 Å². The van der Waals surface area contributed by atoms with Crippen molar-refractivity contribution < 1.29 is 9.78 Å². The smallest absolute Gasteiger partial charge is 0.165 e. The second kappa shape index (κ2) is 5.74. The fourth-order valence-electron chi connectivity index (χ4n) is 0.226. The van der Waals surface area contributed by atoms with E-state index in [1.54, 1.807) is 0 Å². The van der Waals surface area contributed by atoms with Crippen molar-refractivity contribution >= 4 is 17.3 Å². The van der Waals surface area contributed by atoms with Crippen molar-refractivity contribution in [1.29, 1.82) is 0 Å². The molecule has 0 heterocycles. The average Bonchev–Trinajstić information content (AvgIpc) is 1.80. The van der Waals surface area contributed by atoms with Gasteiger partial charge in [-0.2, -0.15) is 0 Å². The van der Waals surface area contributed by atoms with Gasteiger partial charge < -0.3 is 11.1 Å². The highest BCUT2D eigenvalue weighted by atomic mass is 32.1. The molecule has 0 aromatic carbocycles. The summed E-state index contributed by atoms with van der Waals surface area (Å²) in [5.41, 5.74) is 5.06. The summed E-state index contributed by atoms with van der Waals surface area (Å²) in [6, 6.07) is 0. The Balaban J connectivity index is 2.83. The summed E-state index contributed by atoms with van der Waals surface area (Å²) in [6.45, 7) is 2.53. The Hall–Kier alpha value is -0.390. The Morgan fingerprint density at radius 1 is 1.67 bits per heavy atom. The van der Waals surface area contributed by atoms with Gasteiger partial charge >= 0.3 is 0 Å². The van der Waals surface area contributed by atoms with Crippen LogP contribution in [-0.4, -0.2) is 18.5 Å². The zero-order valence-corrected chi connectivity index (χ0v) is 6.03. The lowest BCUT2D eigenvalue weighted by atomic mass is 10.9. The minimum absolute atomic E-state index is 0.198. The number of rotatable bonds is 4. The molecule has 5 heteroatoms. The van der Waals surface area contributed by atoms with Crippen LogP contribution in [0.5, 0.6) is 0 Å². The van der Waals surface area contributed by atoms with Crippen LogP contribution in [0.25, 0.3) is 0 Å². The maximum Gasteiger partial charge on any atom is 0.165 e. The predicted octanol–water partition coefficient (Wildman–Crippen LogP) is -0.255. The normalized spacial score (nSPS) is 9.00. The first-order valence-electron chi connectivity index (χ1n) is 2.55. The summed E-state index contributed by atoms with van der Waals surface area (Å²) in [7, 11) is 0. The van der Waals surface area contributed by atoms with Crippen molar-refractivity contribution in [2.45, 2.75) is 6.92 Å². The molecule has 0 aromatic rings. The molecule has 3 N–H and O–H groups in total. The van der Waals surface area contributed by atoms with E-state index in [0.717, 1.165) is 0 Å². The third-order valence-corrected chi connectivity index (χ3v) is 0.651. The van der Waals surface area contributed by atoms with Crippen molar-refractivity contribution in [3.05, 3.63) is 0 Å². The van der Waals surface area contributed by atoms with E-state index in [1.165, 1.54) is 0 Å². The van der Waals surface area contributed by atoms with Crippen LogP contribution in [-0.2, 0) is 9.78 Å². The van der Waals surface area contributed by atoms with Crippen molar-refractivity contribution in [3.8, 4) is 0 Å². The fraction of sp³-hybridized carbons (Fsp3) is 0.750. The van der Waals surface area contributed by atoms with Crippen molar-refractivity contribution in [3.63, 3.8) is 0 Å². The Morgan fingerprint density at radius 2 is 2.33 bits per heavy atom. The van der Waals surface area contributed by atoms with Gasteiger partial charge in [0.15, 0.2) is 11.8 Å². The number of hydrogen-bond donors (Lipinski definition) is 2. The molecule has 0 saturated heterocycles. The highest BCUT2D eigenvalue weighted by Gasteiger charge is 1.84. The van der Waals surface area contributed by atoms with Gasteiger partial charge in [-0.25, -0.2) is 9.78 Å². The van der Waals surface area contributed by atoms with Crippen LogP contribution in [0.2, 0.25) is 0 Å². The van der Waals surface area contributed by atoms with Gasteiger partial charge in [0, 0.05) is 0 Å². The van der Waals surface area contributed by atoms with E-state index in [2.05, 4.69) is 27.3 Å². The van der Waals surface area contributed by atoms with Crippen molar-refractivity contribution in [2.24, 2.45) is 5.73 Å². The molecular weight excluding hydrogens is 140 g/mol. The van der Waals surface area contributed by atoms with E-state index in [0.29, 0.717) is 6.61 Å². The second-order valence-corrected chi connectivity index (χ2v) is 1.65. The molecule has 0 rings (SSSR count). The standard InChI is InChI=1S/C4H10N2O2S/c1-2-7-8-3-6-4(5)9/h2-3H2,1H3,(H3,5,6,9). The van der Waals surface area contributed by atoms with Gasteiger partial charge in [0.1, 0.15) is 0 Å². The molecule has 54 valence electrons. The summed E-state index contributed by atoms with van der Waals surface area (Å²) in [4.78, 5) is 9.02. The molecular formula is C4H10N2O2S. The summed E-state index contributed by atoms with van der Waals surface area (Å²) >= 11 is 4.48. The highest BCUT2D eigenvalue weighted by Crippen LogP contribution is 1.72. The molecule has 0 spiro atoms. The molecule has 0 aromatic heterocycles. The van der Waals surface area contributed by atoms with Crippen LogP contribution in [0, 0.1) is 0 Å². The lowest BCUT2D eigenvalue weighted by Crippen LogP contribution is -2.30. The van der Waals surface area contributed by atoms with Gasteiger partial charge in [-0.15, -0.1) is 0 Å². The van der Waals surface area contributed by atoms with E-state index >= 15 is 0 Å². The molecule has 0 aliphatic carbocycles. The predicted molar refractivity (Wildman–Crippen MR) is 37.5 cm³/mol. The molecule has 0 aliphatic rings. The number of hydrogen-bond acceptors (Lipinski definition) is 3. The Bertz CT molecular complexity index is 88.6. The van der Waals surface area contributed by atoms with E-state index in [4.69, 9.17) is 5.73 Å². The molecule has 0 aliphatic heterocycles. The number of thiocarbonyl (C=S) groups is 1. The maximum atomic E-state index is 5.06. The molecule has 9 heavy (non-hydrogen) atoms. The van der Waals surface area contributed by atoms with Crippen LogP contribution in [0.3, 0.4) is 0 Å². The van der Waals surface area contributed by atoms with Gasteiger partial charge in [-0.3, -0.25) is 0 Å². The van der Waals surface area contributed by atoms with Crippen LogP contribution >= 0.6 is 12.2 Å². The molecule has 0 bridgehead atoms. The lowest BCUT2D eigenvalue weighted by molar-refractivity contribution is -0.292. The minimum Gasteiger partial charge on any atom is -0.376 e. The van der Waals surface area contributed by atoms with Gasteiger partial charge in [0.05, 0.1) is 6.61 Å². The quantitative estimate of drug-likeness (QED) is 0.190. The van der Waals surface area contributed by atoms with Gasteiger partial charge in [0.25, 0.3) is 0 Å². The first-order valence-corrected chi connectivity index (χ1v) is 2.96. The van der Waals surface area contributed by atoms with Gasteiger partial charge in [-0.05, 0) is 19.1 Å². The zero-order chi connectivity index (χ0) is 7.11. The molecule has 0 atom stereocenters. The van der Waals surface area contributed by atoms with Crippen LogP contribution in [0.15, 0.2) is 0 Å². The SMILES string of the molecule is CCOOCNC(N)=S. The average molecular weight is 150 g/mol. The van der Waals surface area contributed by atoms with Crippen LogP contribution < -0.4 is 11.1 Å². The topological polar surface area (TPSA) is 56.5 Å². The summed E-state index contributed by atoms with van der Waals surface area (Å²) in [5.74, 6) is 0. The molecule has 0 unspecified atom stereocenters. The highest BCUT2D eigenvalue weighted by molar-refractivity contribution is 7.80. The molecule has 0 fully saturated rings. The van der Waals surface area contributed by atoms with Crippen molar-refractivity contribution in [2.75, 3.05) is 13.3 Å². The third-order valence-electron chi connectivity index (χ3n) is 0.507. The maximum absolute atomic E-state index is 5.06. The summed E-state index contributed by atoms with van der Waals surface area (Å²) < 4.78 is 0. The van der Waals surface area contributed by atoms with Gasteiger partial charge in [0.2, 0.25) is 0 Å². The van der Waals surface area contributed by atoms with E-state index < -0.39 is 0 Å². The van der Waals surface area contributed by atoms with Crippen LogP contribution in [0.4, 0.5) is 0 Å². The monoisotopic (exact) mass is 150 g/mol. The molecule has 0 radical (unpaired) electrons. The van der Waals surface area contributed by atoms with Crippen molar-refractivity contribution in [1.82, 2.24) is 5.32 Å². The van der Waals surface area contributed by atoms with Gasteiger partial charge in [-0.1, -0.05) is 0 Å². The first-order chi connectivity index (χ1) is 4.27. The van der Waals surface area contributed by atoms with E-state index in [9.17, 15) is 0 Å². The first kappa shape index (κ1) is 8.61. The Kier molecular flexibility index (Phi) is 5.49. The Labute approximate surface area is 59.2 Å². The third kappa shape index (κ3) is 7.61. The lowest BCUT2D eigenvalue weighted by Gasteiger charge is -2.01. The molecule has 4 nitrogen and oxygen atoms in total. The Morgan fingerprint density at radius 3 is 2.78 bits per heavy atom. The fourth-order valence-corrected chi connectivity index (χ4v) is 0.285. The number of nitrogens with two attached hydrogens (primary N) is 1. The zero-order valence-electron chi connectivity index (χ0n) is 5.22.